The van der Waals surface area contributed by atoms with Gasteiger partial charge in [-0.15, -0.1) is 0 Å². The van der Waals surface area contributed by atoms with Gasteiger partial charge in [0.15, 0.2) is 5.65 Å². The minimum absolute atomic E-state index is 0.273. The highest BCUT2D eigenvalue weighted by Crippen LogP contribution is 2.27. The van der Waals surface area contributed by atoms with Crippen molar-refractivity contribution in [1.82, 2.24) is 8.96 Å². The van der Waals surface area contributed by atoms with Crippen LogP contribution < -0.4 is 0 Å². The third-order valence-electron chi connectivity index (χ3n) is 3.84. The zero-order valence-corrected chi connectivity index (χ0v) is 16.8. The molecule has 24 heavy (non-hydrogen) atoms. The van der Waals surface area contributed by atoms with Crippen LogP contribution in [0, 0.1) is 16.4 Å². The molecule has 0 unspecified atom stereocenters. The first-order valence-corrected chi connectivity index (χ1v) is 10.3. The van der Waals surface area contributed by atoms with Crippen molar-refractivity contribution in [2.45, 2.75) is 32.1 Å². The first-order valence-electron chi connectivity index (χ1n) is 7.77. The number of pyridine rings is 1. The molecule has 3 aromatic rings. The number of hydrogen-bond donors (Lipinski definition) is 0. The van der Waals surface area contributed by atoms with Gasteiger partial charge in [-0.1, -0.05) is 31.5 Å². The highest BCUT2D eigenvalue weighted by molar-refractivity contribution is 14.1. The molecule has 0 atom stereocenters. The van der Waals surface area contributed by atoms with Crippen molar-refractivity contribution in [1.29, 1.82) is 0 Å². The van der Waals surface area contributed by atoms with Gasteiger partial charge in [0.2, 0.25) is 0 Å². The van der Waals surface area contributed by atoms with Crippen molar-refractivity contribution in [2.75, 3.05) is 0 Å². The van der Waals surface area contributed by atoms with Gasteiger partial charge in [-0.25, -0.2) is 17.4 Å². The van der Waals surface area contributed by atoms with E-state index in [4.69, 9.17) is 0 Å². The monoisotopic (exact) mass is 454 g/mol. The summed E-state index contributed by atoms with van der Waals surface area (Å²) in [6, 6.07) is 8.92. The van der Waals surface area contributed by atoms with Crippen molar-refractivity contribution >= 4 is 43.6 Å². The quantitative estimate of drug-likeness (QED) is 0.550. The zero-order chi connectivity index (χ0) is 17.5. The van der Waals surface area contributed by atoms with Gasteiger partial charge >= 0.3 is 0 Å². The molecule has 0 saturated heterocycles. The van der Waals surface area contributed by atoms with E-state index >= 15 is 0 Å². The van der Waals surface area contributed by atoms with Gasteiger partial charge in [-0.05, 0) is 65.6 Å². The Labute approximate surface area is 156 Å². The molecule has 1 aromatic carbocycles. The summed E-state index contributed by atoms with van der Waals surface area (Å²) in [7, 11) is -3.65. The van der Waals surface area contributed by atoms with Crippen LogP contribution in [0.15, 0.2) is 47.6 Å². The number of halogens is 1. The minimum Gasteiger partial charge on any atom is -0.237 e. The second-order valence-electron chi connectivity index (χ2n) is 6.40. The first kappa shape index (κ1) is 17.4. The summed E-state index contributed by atoms with van der Waals surface area (Å²) in [4.78, 5) is 4.72. The van der Waals surface area contributed by atoms with Crippen LogP contribution in [0.25, 0.3) is 11.0 Å². The minimum atomic E-state index is -3.65. The van der Waals surface area contributed by atoms with Crippen molar-refractivity contribution in [3.8, 4) is 0 Å². The molecular formula is C18H19IN2O2S. The highest BCUT2D eigenvalue weighted by Gasteiger charge is 2.21. The molecule has 0 saturated carbocycles. The van der Waals surface area contributed by atoms with Gasteiger partial charge in [-0.3, -0.25) is 0 Å². The van der Waals surface area contributed by atoms with E-state index < -0.39 is 10.0 Å². The maximum Gasteiger partial charge on any atom is 0.269 e. The maximum absolute atomic E-state index is 13.0. The van der Waals surface area contributed by atoms with Gasteiger partial charge in [0, 0.05) is 21.4 Å². The van der Waals surface area contributed by atoms with Crippen molar-refractivity contribution < 1.29 is 8.42 Å². The molecule has 0 bridgehead atoms. The van der Waals surface area contributed by atoms with E-state index in [2.05, 4.69) is 41.4 Å². The normalized spacial score (nSPS) is 12.2. The predicted octanol–water partition coefficient (Wildman–Crippen LogP) is 4.38. The lowest BCUT2D eigenvalue weighted by atomic mass is 10.0. The van der Waals surface area contributed by atoms with E-state index in [0.717, 1.165) is 26.5 Å². The molecular weight excluding hydrogens is 435 g/mol. The van der Waals surface area contributed by atoms with Crippen LogP contribution in [0.1, 0.15) is 25.0 Å². The van der Waals surface area contributed by atoms with Crippen LogP contribution in [0.3, 0.4) is 0 Å². The number of hydrogen-bond acceptors (Lipinski definition) is 3. The Hall–Kier alpha value is -1.41. The van der Waals surface area contributed by atoms with Crippen LogP contribution in [0.2, 0.25) is 0 Å². The lowest BCUT2D eigenvalue weighted by Crippen LogP contribution is -2.12. The molecule has 2 aromatic heterocycles. The van der Waals surface area contributed by atoms with Crippen molar-refractivity contribution in [2.24, 2.45) is 5.92 Å². The molecule has 0 aliphatic heterocycles. The lowest BCUT2D eigenvalue weighted by molar-refractivity contribution is 0.588. The molecule has 3 rings (SSSR count). The van der Waals surface area contributed by atoms with E-state index in [1.165, 1.54) is 3.97 Å². The Morgan fingerprint density at radius 1 is 1.21 bits per heavy atom. The van der Waals surface area contributed by atoms with Crippen LogP contribution in [-0.2, 0) is 16.4 Å². The topological polar surface area (TPSA) is 52.0 Å². The van der Waals surface area contributed by atoms with Crippen LogP contribution in [0.4, 0.5) is 0 Å². The SMILES string of the molecule is Cc1ccc(S(=O)(=O)n2cc(I)c3cc(CC(C)C)cnc32)cc1. The molecule has 126 valence electrons. The summed E-state index contributed by atoms with van der Waals surface area (Å²) >= 11 is 2.17. The third-order valence-corrected chi connectivity index (χ3v) is 6.37. The summed E-state index contributed by atoms with van der Waals surface area (Å²) in [6.45, 7) is 6.24. The molecule has 0 fully saturated rings. The summed E-state index contributed by atoms with van der Waals surface area (Å²) in [5, 5.41) is 0.879. The van der Waals surface area contributed by atoms with E-state index in [1.807, 2.05) is 13.0 Å². The molecule has 0 N–H and O–H groups in total. The number of aryl methyl sites for hydroxylation is 1. The van der Waals surface area contributed by atoms with Crippen molar-refractivity contribution in [3.63, 3.8) is 0 Å². The Kier molecular flexibility index (Phi) is 4.70. The number of benzene rings is 1. The van der Waals surface area contributed by atoms with Gasteiger partial charge in [0.05, 0.1) is 4.90 Å². The Balaban J connectivity index is 2.14. The average Bonchev–Trinajstić information content (AvgIpc) is 2.85. The molecule has 0 amide bonds. The summed E-state index contributed by atoms with van der Waals surface area (Å²) in [5.41, 5.74) is 2.63. The van der Waals surface area contributed by atoms with E-state index in [1.54, 1.807) is 36.7 Å². The van der Waals surface area contributed by atoms with Gasteiger partial charge in [0.25, 0.3) is 10.0 Å². The zero-order valence-electron chi connectivity index (χ0n) is 13.8. The van der Waals surface area contributed by atoms with Crippen LogP contribution in [0.5, 0.6) is 0 Å². The fourth-order valence-corrected chi connectivity index (χ4v) is 4.86. The van der Waals surface area contributed by atoms with E-state index in [9.17, 15) is 8.42 Å². The number of aromatic nitrogens is 2. The molecule has 4 nitrogen and oxygen atoms in total. The largest absolute Gasteiger partial charge is 0.269 e. The second kappa shape index (κ2) is 6.48. The smallest absolute Gasteiger partial charge is 0.237 e. The lowest BCUT2D eigenvalue weighted by Gasteiger charge is -2.08. The summed E-state index contributed by atoms with van der Waals surface area (Å²) in [6.07, 6.45) is 4.35. The van der Waals surface area contributed by atoms with Gasteiger partial charge < -0.3 is 0 Å². The molecule has 0 radical (unpaired) electrons. The van der Waals surface area contributed by atoms with E-state index in [0.29, 0.717) is 11.6 Å². The fourth-order valence-electron chi connectivity index (χ4n) is 2.68. The maximum atomic E-state index is 13.0. The van der Waals surface area contributed by atoms with Crippen LogP contribution >= 0.6 is 22.6 Å². The van der Waals surface area contributed by atoms with Gasteiger partial charge in [0.1, 0.15) is 0 Å². The number of rotatable bonds is 4. The van der Waals surface area contributed by atoms with E-state index in [-0.39, 0.29) is 4.90 Å². The molecule has 0 aliphatic rings. The molecule has 0 spiro atoms. The molecule has 6 heteroatoms. The molecule has 2 heterocycles. The second-order valence-corrected chi connectivity index (χ2v) is 9.38. The Bertz CT molecular complexity index is 990. The van der Waals surface area contributed by atoms with Crippen molar-refractivity contribution in [3.05, 3.63) is 57.4 Å². The average molecular weight is 454 g/mol. The summed E-state index contributed by atoms with van der Waals surface area (Å²) < 4.78 is 28.1. The summed E-state index contributed by atoms with van der Waals surface area (Å²) in [5.74, 6) is 0.528. The predicted molar refractivity (Wildman–Crippen MR) is 105 cm³/mol. The Morgan fingerprint density at radius 3 is 2.50 bits per heavy atom. The molecule has 0 aliphatic carbocycles. The highest BCUT2D eigenvalue weighted by atomic mass is 127. The first-order chi connectivity index (χ1) is 11.3. The number of fused-ring (bicyclic) bond motifs is 1. The number of nitrogens with zero attached hydrogens (tertiary/aromatic N) is 2. The van der Waals surface area contributed by atoms with Gasteiger partial charge in [-0.2, -0.15) is 0 Å². The fraction of sp³-hybridized carbons (Fsp3) is 0.278. The van der Waals surface area contributed by atoms with Crippen LogP contribution in [-0.4, -0.2) is 17.4 Å². The Morgan fingerprint density at radius 2 is 1.88 bits per heavy atom. The standard InChI is InChI=1S/C18H19IN2O2S/c1-12(2)8-14-9-16-17(19)11-21(18(16)20-10-14)24(22,23)15-6-4-13(3)5-7-15/h4-7,9-12H,8H2,1-3H3. The third kappa shape index (κ3) is 3.21.